The lowest BCUT2D eigenvalue weighted by atomic mass is 9.94. The molecule has 0 radical (unpaired) electrons. The molecule has 1 N–H and O–H groups in total. The van der Waals surface area contributed by atoms with Crippen LogP contribution in [0.5, 0.6) is 0 Å². The minimum Gasteiger partial charge on any atom is -0.389 e. The van der Waals surface area contributed by atoms with Gasteiger partial charge in [0.15, 0.2) is 0 Å². The van der Waals surface area contributed by atoms with Crippen LogP contribution in [0.4, 0.5) is 0 Å². The summed E-state index contributed by atoms with van der Waals surface area (Å²) < 4.78 is 0.645. The Morgan fingerprint density at radius 2 is 2.00 bits per heavy atom. The molecule has 0 bridgehead atoms. The fraction of sp³-hybridized carbons (Fsp3) is 0.833. The van der Waals surface area contributed by atoms with Gasteiger partial charge in [-0.25, -0.2) is 0 Å². The van der Waals surface area contributed by atoms with Gasteiger partial charge in [-0.1, -0.05) is 32.9 Å². The van der Waals surface area contributed by atoms with Crippen molar-refractivity contribution in [2.75, 3.05) is 11.5 Å². The highest BCUT2D eigenvalue weighted by molar-refractivity contribution is 8.17. The Morgan fingerprint density at radius 1 is 1.40 bits per heavy atom. The van der Waals surface area contributed by atoms with Gasteiger partial charge in [0.1, 0.15) is 0 Å². The Labute approximate surface area is 102 Å². The highest BCUT2D eigenvalue weighted by Crippen LogP contribution is 2.43. The van der Waals surface area contributed by atoms with Gasteiger partial charge < -0.3 is 5.11 Å². The zero-order chi connectivity index (χ0) is 11.3. The van der Waals surface area contributed by atoms with E-state index >= 15 is 0 Å². The minimum absolute atomic E-state index is 0.186. The molecule has 1 nitrogen and oxygen atoms in total. The van der Waals surface area contributed by atoms with E-state index in [-0.39, 0.29) is 11.5 Å². The highest BCUT2D eigenvalue weighted by Gasteiger charge is 2.29. The molecule has 1 heterocycles. The average molecular weight is 246 g/mol. The van der Waals surface area contributed by atoms with Crippen molar-refractivity contribution >= 4 is 23.5 Å². The minimum atomic E-state index is -0.275. The summed E-state index contributed by atoms with van der Waals surface area (Å²) in [6, 6.07) is 0. The Bertz CT molecular complexity index is 208. The van der Waals surface area contributed by atoms with Gasteiger partial charge in [-0.2, -0.15) is 0 Å². The van der Waals surface area contributed by atoms with Crippen molar-refractivity contribution in [1.29, 1.82) is 0 Å². The van der Waals surface area contributed by atoms with Gasteiger partial charge in [0, 0.05) is 5.41 Å². The van der Waals surface area contributed by atoms with Crippen molar-refractivity contribution in [2.45, 2.75) is 44.3 Å². The first-order valence-electron chi connectivity index (χ1n) is 5.67. The Hall–Kier alpha value is 0.400. The van der Waals surface area contributed by atoms with E-state index in [1.165, 1.54) is 17.9 Å². The van der Waals surface area contributed by atoms with Crippen LogP contribution < -0.4 is 0 Å². The molecule has 1 aliphatic rings. The monoisotopic (exact) mass is 246 g/mol. The molecule has 15 heavy (non-hydrogen) atoms. The third-order valence-electron chi connectivity index (χ3n) is 2.60. The first-order valence-corrected chi connectivity index (χ1v) is 7.76. The second-order valence-corrected chi connectivity index (χ2v) is 7.31. The molecule has 0 aliphatic carbocycles. The Morgan fingerprint density at radius 3 is 2.53 bits per heavy atom. The molecule has 0 aromatic heterocycles. The summed E-state index contributed by atoms with van der Waals surface area (Å²) in [7, 11) is 0. The van der Waals surface area contributed by atoms with Crippen molar-refractivity contribution < 1.29 is 5.11 Å². The molecule has 1 rings (SSSR count). The first-order chi connectivity index (χ1) is 7.06. The molecule has 0 amide bonds. The average Bonchev–Trinajstić information content (AvgIpc) is 2.27. The molecule has 0 aromatic carbocycles. The van der Waals surface area contributed by atoms with Gasteiger partial charge in [-0.05, 0) is 24.3 Å². The molecule has 1 saturated heterocycles. The van der Waals surface area contributed by atoms with Gasteiger partial charge >= 0.3 is 0 Å². The zero-order valence-electron chi connectivity index (χ0n) is 9.90. The van der Waals surface area contributed by atoms with E-state index in [1.807, 2.05) is 13.0 Å². The van der Waals surface area contributed by atoms with E-state index in [0.29, 0.717) is 4.58 Å². The molecule has 0 spiro atoms. The summed E-state index contributed by atoms with van der Waals surface area (Å²) in [6.07, 6.45) is 6.01. The Balaban J connectivity index is 2.52. The molecular formula is C12H22OS2. The Kier molecular flexibility index (Phi) is 5.58. The van der Waals surface area contributed by atoms with Crippen LogP contribution in [0, 0.1) is 5.41 Å². The SMILES string of the molecule is CCC(O)/C=C/C(C)(C)C1SCCCS1. The maximum Gasteiger partial charge on any atom is 0.0718 e. The van der Waals surface area contributed by atoms with Gasteiger partial charge in [0.2, 0.25) is 0 Å². The molecular weight excluding hydrogens is 224 g/mol. The predicted molar refractivity (Wildman–Crippen MR) is 72.5 cm³/mol. The van der Waals surface area contributed by atoms with Crippen LogP contribution in [0.2, 0.25) is 0 Å². The topological polar surface area (TPSA) is 20.2 Å². The number of hydrogen-bond acceptors (Lipinski definition) is 3. The maximum absolute atomic E-state index is 9.52. The summed E-state index contributed by atoms with van der Waals surface area (Å²) in [6.45, 7) is 6.54. The molecule has 0 saturated carbocycles. The van der Waals surface area contributed by atoms with Gasteiger partial charge in [0.05, 0.1) is 10.7 Å². The second kappa shape index (κ2) is 6.21. The fourth-order valence-electron chi connectivity index (χ4n) is 1.49. The van der Waals surface area contributed by atoms with E-state index in [4.69, 9.17) is 0 Å². The lowest BCUT2D eigenvalue weighted by Gasteiger charge is -2.33. The van der Waals surface area contributed by atoms with E-state index < -0.39 is 0 Å². The van der Waals surface area contributed by atoms with Crippen LogP contribution in [0.15, 0.2) is 12.2 Å². The summed E-state index contributed by atoms with van der Waals surface area (Å²) in [4.78, 5) is 0. The van der Waals surface area contributed by atoms with Crippen LogP contribution in [0.25, 0.3) is 0 Å². The van der Waals surface area contributed by atoms with Crippen LogP contribution in [0.1, 0.15) is 33.6 Å². The molecule has 1 atom stereocenters. The van der Waals surface area contributed by atoms with Crippen molar-refractivity contribution in [3.63, 3.8) is 0 Å². The highest BCUT2D eigenvalue weighted by atomic mass is 32.2. The molecule has 3 heteroatoms. The lowest BCUT2D eigenvalue weighted by Crippen LogP contribution is -2.25. The summed E-state index contributed by atoms with van der Waals surface area (Å²) >= 11 is 4.12. The quantitative estimate of drug-likeness (QED) is 0.766. The van der Waals surface area contributed by atoms with Crippen molar-refractivity contribution in [2.24, 2.45) is 5.41 Å². The van der Waals surface area contributed by atoms with Crippen LogP contribution >= 0.6 is 23.5 Å². The number of aliphatic hydroxyl groups is 1. The summed E-state index contributed by atoms with van der Waals surface area (Å²) in [5.41, 5.74) is 0.186. The lowest BCUT2D eigenvalue weighted by molar-refractivity contribution is 0.217. The smallest absolute Gasteiger partial charge is 0.0718 e. The van der Waals surface area contributed by atoms with Crippen molar-refractivity contribution in [3.05, 3.63) is 12.2 Å². The van der Waals surface area contributed by atoms with E-state index in [2.05, 4.69) is 43.4 Å². The van der Waals surface area contributed by atoms with Gasteiger partial charge in [-0.15, -0.1) is 23.5 Å². The third kappa shape index (κ3) is 4.41. The van der Waals surface area contributed by atoms with Gasteiger partial charge in [-0.3, -0.25) is 0 Å². The zero-order valence-corrected chi connectivity index (χ0v) is 11.5. The van der Waals surface area contributed by atoms with Crippen LogP contribution in [-0.2, 0) is 0 Å². The molecule has 1 aliphatic heterocycles. The molecule has 1 unspecified atom stereocenters. The number of thioether (sulfide) groups is 2. The van der Waals surface area contributed by atoms with Gasteiger partial charge in [0.25, 0.3) is 0 Å². The molecule has 1 fully saturated rings. The van der Waals surface area contributed by atoms with E-state index in [9.17, 15) is 5.11 Å². The summed E-state index contributed by atoms with van der Waals surface area (Å²) in [5, 5.41) is 9.52. The van der Waals surface area contributed by atoms with Crippen LogP contribution in [-0.4, -0.2) is 27.3 Å². The largest absolute Gasteiger partial charge is 0.389 e. The predicted octanol–water partition coefficient (Wildman–Crippen LogP) is 3.54. The molecule has 0 aromatic rings. The third-order valence-corrected chi connectivity index (χ3v) is 6.29. The number of allylic oxidation sites excluding steroid dienone is 1. The number of rotatable bonds is 4. The fourth-order valence-corrected chi connectivity index (χ4v) is 4.70. The number of hydrogen-bond donors (Lipinski definition) is 1. The number of aliphatic hydroxyl groups excluding tert-OH is 1. The normalized spacial score (nSPS) is 22.1. The van der Waals surface area contributed by atoms with E-state index in [1.54, 1.807) is 0 Å². The van der Waals surface area contributed by atoms with Crippen molar-refractivity contribution in [1.82, 2.24) is 0 Å². The van der Waals surface area contributed by atoms with Crippen molar-refractivity contribution in [3.8, 4) is 0 Å². The van der Waals surface area contributed by atoms with Crippen LogP contribution in [0.3, 0.4) is 0 Å². The van der Waals surface area contributed by atoms with E-state index in [0.717, 1.165) is 6.42 Å². The summed E-state index contributed by atoms with van der Waals surface area (Å²) in [5.74, 6) is 2.57. The first kappa shape index (κ1) is 13.5. The second-order valence-electron chi connectivity index (χ2n) is 4.58. The standard InChI is InChI=1S/C12H22OS2/c1-4-10(13)6-7-12(2,3)11-14-8-5-9-15-11/h6-7,10-11,13H,4-5,8-9H2,1-3H3/b7-6+. The maximum atomic E-state index is 9.52. The molecule has 88 valence electrons.